The highest BCUT2D eigenvalue weighted by molar-refractivity contribution is 6.74. The second-order valence-electron chi connectivity index (χ2n) is 9.41. The molecule has 0 aliphatic carbocycles. The van der Waals surface area contributed by atoms with Gasteiger partial charge >= 0.3 is 0 Å². The Balaban J connectivity index is 1.68. The molecule has 0 saturated heterocycles. The molecule has 2 aromatic carbocycles. The summed E-state index contributed by atoms with van der Waals surface area (Å²) in [6, 6.07) is 18.4. The minimum Gasteiger partial charge on any atom is -0.417 e. The van der Waals surface area contributed by atoms with E-state index in [1.807, 2.05) is 0 Å². The highest BCUT2D eigenvalue weighted by atomic mass is 28.4. The molecule has 0 amide bonds. The number of nitrogens with one attached hydrogen (secondary N) is 1. The van der Waals surface area contributed by atoms with Crippen LogP contribution in [0, 0.1) is 0 Å². The van der Waals surface area contributed by atoms with Crippen LogP contribution in [0.4, 0.5) is 0 Å². The third-order valence-electron chi connectivity index (χ3n) is 6.86. The lowest BCUT2D eigenvalue weighted by atomic mass is 9.78. The van der Waals surface area contributed by atoms with Crippen LogP contribution in [0.15, 0.2) is 48.5 Å². The Bertz CT molecular complexity index is 810. The zero-order valence-corrected chi connectivity index (χ0v) is 17.7. The fourth-order valence-corrected chi connectivity index (χ4v) is 5.42. The topological polar surface area (TPSA) is 21.3 Å². The molecule has 2 bridgehead atoms. The van der Waals surface area contributed by atoms with Crippen molar-refractivity contribution in [3.05, 3.63) is 70.8 Å². The van der Waals surface area contributed by atoms with E-state index in [1.54, 1.807) is 0 Å². The van der Waals surface area contributed by atoms with Gasteiger partial charge in [-0.15, -0.1) is 0 Å². The first-order valence-electron chi connectivity index (χ1n) is 9.84. The molecule has 26 heavy (non-hydrogen) atoms. The number of fused-ring (bicyclic) bond motifs is 7. The van der Waals surface area contributed by atoms with Gasteiger partial charge in [-0.1, -0.05) is 69.3 Å². The van der Waals surface area contributed by atoms with Crippen molar-refractivity contribution in [2.75, 3.05) is 6.61 Å². The summed E-state index contributed by atoms with van der Waals surface area (Å²) < 4.78 is 6.57. The highest BCUT2D eigenvalue weighted by Crippen LogP contribution is 2.50. The van der Waals surface area contributed by atoms with Gasteiger partial charge in [-0.3, -0.25) is 5.32 Å². The summed E-state index contributed by atoms with van der Waals surface area (Å²) in [5.41, 5.74) is 5.75. The first kappa shape index (κ1) is 18.0. The molecule has 2 aromatic rings. The van der Waals surface area contributed by atoms with Crippen molar-refractivity contribution >= 4 is 8.32 Å². The zero-order chi connectivity index (χ0) is 18.6. The van der Waals surface area contributed by atoms with E-state index in [0.29, 0.717) is 6.04 Å². The molecule has 2 atom stereocenters. The van der Waals surface area contributed by atoms with Gasteiger partial charge in [-0.25, -0.2) is 0 Å². The fourth-order valence-electron chi connectivity index (χ4n) is 4.38. The van der Waals surface area contributed by atoms with Crippen molar-refractivity contribution in [3.63, 3.8) is 0 Å². The average Bonchev–Trinajstić information content (AvgIpc) is 2.84. The molecule has 0 fully saturated rings. The second kappa shape index (κ2) is 6.05. The maximum Gasteiger partial charge on any atom is 0.191 e. The van der Waals surface area contributed by atoms with Crippen molar-refractivity contribution in [2.45, 2.75) is 63.3 Å². The van der Waals surface area contributed by atoms with Gasteiger partial charge in [0.15, 0.2) is 8.32 Å². The first-order chi connectivity index (χ1) is 12.2. The summed E-state index contributed by atoms with van der Waals surface area (Å²) >= 11 is 0. The predicted molar refractivity (Wildman–Crippen MR) is 111 cm³/mol. The van der Waals surface area contributed by atoms with E-state index in [-0.39, 0.29) is 10.6 Å². The molecule has 0 spiro atoms. The molecule has 1 N–H and O–H groups in total. The van der Waals surface area contributed by atoms with E-state index in [9.17, 15) is 0 Å². The van der Waals surface area contributed by atoms with E-state index in [4.69, 9.17) is 4.43 Å². The van der Waals surface area contributed by atoms with Gasteiger partial charge in [-0.05, 0) is 53.2 Å². The summed E-state index contributed by atoms with van der Waals surface area (Å²) in [4.78, 5) is 0. The zero-order valence-electron chi connectivity index (χ0n) is 16.7. The molecular formula is C23H31NOSi. The summed E-state index contributed by atoms with van der Waals surface area (Å²) in [6.07, 6.45) is 2.07. The Morgan fingerprint density at radius 3 is 2.42 bits per heavy atom. The predicted octanol–water partition coefficient (Wildman–Crippen LogP) is 5.54. The Labute approximate surface area is 159 Å². The molecule has 2 aliphatic rings. The maximum absolute atomic E-state index is 6.57. The lowest BCUT2D eigenvalue weighted by Crippen LogP contribution is -2.47. The van der Waals surface area contributed by atoms with Gasteiger partial charge in [-0.2, -0.15) is 0 Å². The lowest BCUT2D eigenvalue weighted by Gasteiger charge is -2.40. The lowest BCUT2D eigenvalue weighted by molar-refractivity contribution is 0.227. The van der Waals surface area contributed by atoms with Crippen LogP contribution in [0.2, 0.25) is 18.1 Å². The minimum absolute atomic E-state index is 0.0987. The van der Waals surface area contributed by atoms with Crippen LogP contribution in [0.5, 0.6) is 0 Å². The van der Waals surface area contributed by atoms with Crippen LogP contribution >= 0.6 is 0 Å². The van der Waals surface area contributed by atoms with Crippen LogP contribution < -0.4 is 5.32 Å². The third kappa shape index (κ3) is 2.68. The molecule has 138 valence electrons. The van der Waals surface area contributed by atoms with E-state index in [2.05, 4.69) is 87.7 Å². The number of benzene rings is 2. The SMILES string of the molecule is CC(C)(C)[Si](C)(C)OCCC12NC(Cc3ccccc31)c1ccccc12. The van der Waals surface area contributed by atoms with Gasteiger partial charge in [0.25, 0.3) is 0 Å². The van der Waals surface area contributed by atoms with E-state index >= 15 is 0 Å². The average molecular weight is 366 g/mol. The first-order valence-corrected chi connectivity index (χ1v) is 12.7. The van der Waals surface area contributed by atoms with Gasteiger partial charge in [0.2, 0.25) is 0 Å². The molecule has 4 rings (SSSR count). The summed E-state index contributed by atoms with van der Waals surface area (Å²) in [5.74, 6) is 0. The molecule has 2 aliphatic heterocycles. The van der Waals surface area contributed by atoms with Crippen LogP contribution in [0.1, 0.15) is 55.5 Å². The Hall–Kier alpha value is -1.42. The molecule has 2 heterocycles. The van der Waals surface area contributed by atoms with Crippen LogP contribution in [-0.2, 0) is 16.4 Å². The second-order valence-corrected chi connectivity index (χ2v) is 14.2. The van der Waals surface area contributed by atoms with Crippen LogP contribution in [-0.4, -0.2) is 14.9 Å². The van der Waals surface area contributed by atoms with Crippen molar-refractivity contribution in [1.29, 1.82) is 0 Å². The quantitative estimate of drug-likeness (QED) is 0.718. The van der Waals surface area contributed by atoms with Gasteiger partial charge in [0, 0.05) is 12.6 Å². The van der Waals surface area contributed by atoms with Gasteiger partial charge in [0.1, 0.15) is 0 Å². The van der Waals surface area contributed by atoms with Gasteiger partial charge < -0.3 is 4.43 Å². The molecule has 0 saturated carbocycles. The smallest absolute Gasteiger partial charge is 0.191 e. The number of hydrogen-bond acceptors (Lipinski definition) is 2. The summed E-state index contributed by atoms with van der Waals surface area (Å²) in [5, 5.41) is 4.23. The van der Waals surface area contributed by atoms with Crippen molar-refractivity contribution in [1.82, 2.24) is 5.32 Å². The standard InChI is InChI=1S/C23H31NOSi/c1-22(2,3)26(4,5)25-15-14-23-19-12-8-6-10-17(19)16-21(24-23)18-11-7-9-13-20(18)23/h6-13,21,24H,14-16H2,1-5H3. The summed E-state index contributed by atoms with van der Waals surface area (Å²) in [6.45, 7) is 12.4. The number of hydrogen-bond donors (Lipinski definition) is 1. The Morgan fingerprint density at radius 1 is 1.04 bits per heavy atom. The molecule has 0 aromatic heterocycles. The fraction of sp³-hybridized carbons (Fsp3) is 0.478. The maximum atomic E-state index is 6.57. The monoisotopic (exact) mass is 365 g/mol. The minimum atomic E-state index is -1.73. The van der Waals surface area contributed by atoms with Crippen molar-refractivity contribution in [3.8, 4) is 0 Å². The normalized spacial score (nSPS) is 24.3. The van der Waals surface area contributed by atoms with Crippen molar-refractivity contribution in [2.24, 2.45) is 0 Å². The largest absolute Gasteiger partial charge is 0.417 e. The Morgan fingerprint density at radius 2 is 1.69 bits per heavy atom. The van der Waals surface area contributed by atoms with E-state index in [0.717, 1.165) is 19.4 Å². The molecular weight excluding hydrogens is 334 g/mol. The van der Waals surface area contributed by atoms with E-state index in [1.165, 1.54) is 22.3 Å². The third-order valence-corrected chi connectivity index (χ3v) is 11.4. The molecule has 3 heteroatoms. The van der Waals surface area contributed by atoms with E-state index < -0.39 is 8.32 Å². The van der Waals surface area contributed by atoms with Crippen molar-refractivity contribution < 1.29 is 4.43 Å². The summed E-state index contributed by atoms with van der Waals surface area (Å²) in [7, 11) is -1.73. The molecule has 2 unspecified atom stereocenters. The van der Waals surface area contributed by atoms with Crippen LogP contribution in [0.3, 0.4) is 0 Å². The Kier molecular flexibility index (Phi) is 4.18. The van der Waals surface area contributed by atoms with Crippen LogP contribution in [0.25, 0.3) is 0 Å². The molecule has 0 radical (unpaired) electrons. The highest BCUT2D eigenvalue weighted by Gasteiger charge is 2.48. The number of rotatable bonds is 4. The van der Waals surface area contributed by atoms with Gasteiger partial charge in [0.05, 0.1) is 5.54 Å². The molecule has 2 nitrogen and oxygen atoms in total.